The van der Waals surface area contributed by atoms with Crippen molar-refractivity contribution in [3.8, 4) is 0 Å². The SMILES string of the molecule is CC(C)(C(Cc1cc(F)ccc1Cl)NN)N1CCCCC1. The number of likely N-dealkylation sites (tertiary alicyclic amines) is 1. The minimum absolute atomic E-state index is 0.00917. The molecule has 1 heterocycles. The Morgan fingerprint density at radius 2 is 2.00 bits per heavy atom. The van der Waals surface area contributed by atoms with Crippen LogP contribution in [0.15, 0.2) is 18.2 Å². The molecule has 0 bridgehead atoms. The molecule has 1 unspecified atom stereocenters. The Bertz CT molecular complexity index is 473. The van der Waals surface area contributed by atoms with E-state index in [2.05, 4.69) is 24.2 Å². The molecule has 0 spiro atoms. The van der Waals surface area contributed by atoms with Crippen molar-refractivity contribution < 1.29 is 4.39 Å². The fourth-order valence-corrected chi connectivity index (χ4v) is 3.32. The maximum atomic E-state index is 13.4. The predicted molar refractivity (Wildman–Crippen MR) is 85.7 cm³/mol. The van der Waals surface area contributed by atoms with Gasteiger partial charge in [0.25, 0.3) is 0 Å². The molecule has 1 saturated heterocycles. The van der Waals surface area contributed by atoms with Crippen molar-refractivity contribution in [1.82, 2.24) is 10.3 Å². The molecule has 1 atom stereocenters. The predicted octanol–water partition coefficient (Wildman–Crippen LogP) is 3.12. The molecule has 0 radical (unpaired) electrons. The molecule has 3 nitrogen and oxygen atoms in total. The van der Waals surface area contributed by atoms with E-state index in [4.69, 9.17) is 17.4 Å². The average Bonchev–Trinajstić information content (AvgIpc) is 2.48. The third-order valence-corrected chi connectivity index (χ3v) is 5.03. The fraction of sp³-hybridized carbons (Fsp3) is 0.625. The minimum Gasteiger partial charge on any atom is -0.297 e. The van der Waals surface area contributed by atoms with Crippen molar-refractivity contribution in [2.45, 2.75) is 51.1 Å². The first-order valence-corrected chi connectivity index (χ1v) is 7.98. The normalized spacial score (nSPS) is 18.7. The monoisotopic (exact) mass is 313 g/mol. The second-order valence-corrected chi connectivity index (χ2v) is 6.77. The molecule has 1 aromatic carbocycles. The van der Waals surface area contributed by atoms with E-state index >= 15 is 0 Å². The maximum Gasteiger partial charge on any atom is 0.123 e. The van der Waals surface area contributed by atoms with E-state index in [0.29, 0.717) is 11.4 Å². The van der Waals surface area contributed by atoms with Gasteiger partial charge in [0.2, 0.25) is 0 Å². The van der Waals surface area contributed by atoms with Crippen molar-refractivity contribution in [2.75, 3.05) is 13.1 Å². The number of piperidine rings is 1. The van der Waals surface area contributed by atoms with Crippen molar-refractivity contribution in [3.63, 3.8) is 0 Å². The van der Waals surface area contributed by atoms with Crippen LogP contribution in [0.2, 0.25) is 5.02 Å². The molecular formula is C16H25ClFN3. The lowest BCUT2D eigenvalue weighted by Crippen LogP contribution is -2.61. The minimum atomic E-state index is -0.263. The quantitative estimate of drug-likeness (QED) is 0.648. The molecule has 2 rings (SSSR count). The molecule has 3 N–H and O–H groups in total. The van der Waals surface area contributed by atoms with E-state index in [1.54, 1.807) is 6.07 Å². The van der Waals surface area contributed by atoms with Crippen molar-refractivity contribution in [3.05, 3.63) is 34.6 Å². The molecule has 0 aromatic heterocycles. The summed E-state index contributed by atoms with van der Waals surface area (Å²) in [5.41, 5.74) is 3.60. The van der Waals surface area contributed by atoms with Gasteiger partial charge < -0.3 is 0 Å². The van der Waals surface area contributed by atoms with Gasteiger partial charge in [0, 0.05) is 16.6 Å². The first-order valence-electron chi connectivity index (χ1n) is 7.60. The molecule has 1 aliphatic heterocycles. The smallest absolute Gasteiger partial charge is 0.123 e. The number of hydrazine groups is 1. The maximum absolute atomic E-state index is 13.4. The summed E-state index contributed by atoms with van der Waals surface area (Å²) in [5.74, 6) is 5.53. The van der Waals surface area contributed by atoms with Crippen LogP contribution in [0.5, 0.6) is 0 Å². The van der Waals surface area contributed by atoms with Crippen LogP contribution in [0, 0.1) is 5.82 Å². The number of nitrogens with zero attached hydrogens (tertiary/aromatic N) is 1. The van der Waals surface area contributed by atoms with Crippen LogP contribution >= 0.6 is 11.6 Å². The van der Waals surface area contributed by atoms with Crippen LogP contribution < -0.4 is 11.3 Å². The van der Waals surface area contributed by atoms with E-state index in [-0.39, 0.29) is 17.4 Å². The topological polar surface area (TPSA) is 41.3 Å². The highest BCUT2D eigenvalue weighted by molar-refractivity contribution is 6.31. The molecule has 118 valence electrons. The molecule has 1 aliphatic rings. The first-order chi connectivity index (χ1) is 9.95. The number of hydrogen-bond donors (Lipinski definition) is 2. The summed E-state index contributed by atoms with van der Waals surface area (Å²) in [6.45, 7) is 6.55. The molecule has 0 amide bonds. The molecule has 1 fully saturated rings. The van der Waals surface area contributed by atoms with Gasteiger partial charge in [-0.3, -0.25) is 16.2 Å². The van der Waals surface area contributed by atoms with Gasteiger partial charge in [0.05, 0.1) is 0 Å². The van der Waals surface area contributed by atoms with Crippen LogP contribution in [0.4, 0.5) is 4.39 Å². The van der Waals surface area contributed by atoms with Gasteiger partial charge in [-0.2, -0.15) is 0 Å². The zero-order valence-electron chi connectivity index (χ0n) is 12.8. The third-order valence-electron chi connectivity index (χ3n) is 4.66. The highest BCUT2D eigenvalue weighted by Gasteiger charge is 2.35. The van der Waals surface area contributed by atoms with Crippen LogP contribution in [0.25, 0.3) is 0 Å². The summed E-state index contributed by atoms with van der Waals surface area (Å²) < 4.78 is 13.4. The standard InChI is InChI=1S/C16H25ClFN3/c1-16(2,21-8-4-3-5-9-21)15(20-19)11-12-10-13(18)6-7-14(12)17/h6-7,10,15,20H,3-5,8-9,11,19H2,1-2H3. The first kappa shape index (κ1) is 16.7. The van der Waals surface area contributed by atoms with Gasteiger partial charge in [-0.15, -0.1) is 0 Å². The number of rotatable bonds is 5. The zero-order chi connectivity index (χ0) is 15.5. The van der Waals surface area contributed by atoms with E-state index in [0.717, 1.165) is 18.7 Å². The van der Waals surface area contributed by atoms with Crippen molar-refractivity contribution in [2.24, 2.45) is 5.84 Å². The highest BCUT2D eigenvalue weighted by Crippen LogP contribution is 2.27. The number of nitrogens with one attached hydrogen (secondary N) is 1. The summed E-state index contributed by atoms with van der Waals surface area (Å²) in [6.07, 6.45) is 4.35. The van der Waals surface area contributed by atoms with Gasteiger partial charge >= 0.3 is 0 Å². The van der Waals surface area contributed by atoms with E-state index in [1.165, 1.54) is 31.4 Å². The Morgan fingerprint density at radius 1 is 1.33 bits per heavy atom. The van der Waals surface area contributed by atoms with E-state index in [9.17, 15) is 4.39 Å². The van der Waals surface area contributed by atoms with Gasteiger partial charge in [0.15, 0.2) is 0 Å². The zero-order valence-corrected chi connectivity index (χ0v) is 13.6. The van der Waals surface area contributed by atoms with Gasteiger partial charge in [0.1, 0.15) is 5.82 Å². The fourth-order valence-electron chi connectivity index (χ4n) is 3.12. The number of benzene rings is 1. The third kappa shape index (κ3) is 3.95. The lowest BCUT2D eigenvalue weighted by molar-refractivity contribution is 0.0611. The summed E-state index contributed by atoms with van der Waals surface area (Å²) in [4.78, 5) is 2.47. The average molecular weight is 314 g/mol. The summed E-state index contributed by atoms with van der Waals surface area (Å²) in [6, 6.07) is 4.49. The largest absolute Gasteiger partial charge is 0.297 e. The lowest BCUT2D eigenvalue weighted by atomic mass is 9.86. The Labute approximate surface area is 131 Å². The summed E-state index contributed by atoms with van der Waals surface area (Å²) >= 11 is 6.18. The molecule has 21 heavy (non-hydrogen) atoms. The van der Waals surface area contributed by atoms with E-state index in [1.807, 2.05) is 0 Å². The van der Waals surface area contributed by atoms with Crippen LogP contribution in [0.3, 0.4) is 0 Å². The summed E-state index contributed by atoms with van der Waals surface area (Å²) in [5, 5.41) is 0.589. The Hall–Kier alpha value is -0.680. The summed E-state index contributed by atoms with van der Waals surface area (Å²) in [7, 11) is 0. The molecule has 0 saturated carbocycles. The van der Waals surface area contributed by atoms with E-state index < -0.39 is 0 Å². The second-order valence-electron chi connectivity index (χ2n) is 6.36. The lowest BCUT2D eigenvalue weighted by Gasteiger charge is -2.46. The molecule has 1 aromatic rings. The van der Waals surface area contributed by atoms with Crippen LogP contribution in [-0.4, -0.2) is 29.6 Å². The van der Waals surface area contributed by atoms with Crippen LogP contribution in [0.1, 0.15) is 38.7 Å². The van der Waals surface area contributed by atoms with Crippen molar-refractivity contribution >= 4 is 11.6 Å². The van der Waals surface area contributed by atoms with Crippen LogP contribution in [-0.2, 0) is 6.42 Å². The van der Waals surface area contributed by atoms with Gasteiger partial charge in [-0.05, 0) is 70.0 Å². The molecular weight excluding hydrogens is 289 g/mol. The molecule has 5 heteroatoms. The second kappa shape index (κ2) is 7.05. The van der Waals surface area contributed by atoms with Crippen molar-refractivity contribution in [1.29, 1.82) is 0 Å². The number of halogens is 2. The Balaban J connectivity index is 2.16. The number of hydrogen-bond acceptors (Lipinski definition) is 3. The van der Waals surface area contributed by atoms with Gasteiger partial charge in [-0.1, -0.05) is 18.0 Å². The molecule has 0 aliphatic carbocycles. The Kier molecular flexibility index (Phi) is 5.60. The number of nitrogens with two attached hydrogens (primary N) is 1. The Morgan fingerprint density at radius 3 is 2.62 bits per heavy atom. The highest BCUT2D eigenvalue weighted by atomic mass is 35.5. The van der Waals surface area contributed by atoms with Gasteiger partial charge in [-0.25, -0.2) is 4.39 Å².